The minimum absolute atomic E-state index is 0.293. The molecule has 0 saturated carbocycles. The van der Waals surface area contributed by atoms with Crippen LogP contribution in [0.25, 0.3) is 0 Å². The molecule has 1 N–H and O–H groups in total. The molecule has 1 rings (SSSR count). The summed E-state index contributed by atoms with van der Waals surface area (Å²) in [6, 6.07) is 2.28. The zero-order valence-corrected chi connectivity index (χ0v) is 12.5. The summed E-state index contributed by atoms with van der Waals surface area (Å²) in [5, 5.41) is 3.50. The largest absolute Gasteiger partial charge is 0.310 e. The second-order valence-corrected chi connectivity index (χ2v) is 6.70. The van der Waals surface area contributed by atoms with Gasteiger partial charge < -0.3 is 5.32 Å². The van der Waals surface area contributed by atoms with Crippen LogP contribution in [0.3, 0.4) is 0 Å². The highest BCUT2D eigenvalue weighted by atomic mass is 35.5. The fourth-order valence-corrected chi connectivity index (χ4v) is 3.30. The van der Waals surface area contributed by atoms with Crippen molar-refractivity contribution in [2.24, 2.45) is 11.8 Å². The normalized spacial score (nSPS) is 15.4. The van der Waals surface area contributed by atoms with Crippen molar-refractivity contribution in [3.05, 3.63) is 20.3 Å². The zero-order valence-electron chi connectivity index (χ0n) is 10.2. The van der Waals surface area contributed by atoms with Crippen molar-refractivity contribution in [1.29, 1.82) is 0 Å². The van der Waals surface area contributed by atoms with E-state index in [4.69, 9.17) is 23.2 Å². The van der Waals surface area contributed by atoms with Crippen LogP contribution < -0.4 is 5.32 Å². The van der Waals surface area contributed by atoms with Crippen LogP contribution in [0.4, 0.5) is 0 Å². The predicted molar refractivity (Wildman–Crippen MR) is 74.8 cm³/mol. The molecular formula is C12H19Cl2NS. The van der Waals surface area contributed by atoms with E-state index in [0.29, 0.717) is 17.9 Å². The maximum Gasteiger partial charge on any atom is 0.0992 e. The molecule has 0 aliphatic heterocycles. The molecule has 2 atom stereocenters. The van der Waals surface area contributed by atoms with Gasteiger partial charge in [-0.2, -0.15) is 0 Å². The number of nitrogens with one attached hydrogen (secondary N) is 1. The average Bonchev–Trinajstić information content (AvgIpc) is 2.53. The number of rotatable bonds is 5. The first-order valence-electron chi connectivity index (χ1n) is 5.65. The Hall–Kier alpha value is 0.240. The van der Waals surface area contributed by atoms with Crippen LogP contribution in [0.2, 0.25) is 8.67 Å². The third kappa shape index (κ3) is 3.36. The van der Waals surface area contributed by atoms with E-state index in [1.54, 1.807) is 0 Å². The van der Waals surface area contributed by atoms with Crippen molar-refractivity contribution in [3.8, 4) is 0 Å². The summed E-state index contributed by atoms with van der Waals surface area (Å²) in [6.07, 6.45) is 0. The maximum absolute atomic E-state index is 6.22. The van der Waals surface area contributed by atoms with Gasteiger partial charge in [0.15, 0.2) is 0 Å². The van der Waals surface area contributed by atoms with Crippen LogP contribution in [-0.2, 0) is 0 Å². The summed E-state index contributed by atoms with van der Waals surface area (Å²) < 4.78 is 1.57. The van der Waals surface area contributed by atoms with Crippen molar-refractivity contribution >= 4 is 34.5 Å². The van der Waals surface area contributed by atoms with Crippen LogP contribution in [0.15, 0.2) is 6.07 Å². The quantitative estimate of drug-likeness (QED) is 0.800. The third-order valence-electron chi connectivity index (χ3n) is 3.02. The van der Waals surface area contributed by atoms with E-state index >= 15 is 0 Å². The lowest BCUT2D eigenvalue weighted by Crippen LogP contribution is -2.29. The lowest BCUT2D eigenvalue weighted by molar-refractivity contribution is 0.308. The monoisotopic (exact) mass is 279 g/mol. The van der Waals surface area contributed by atoms with Crippen molar-refractivity contribution in [2.75, 3.05) is 6.54 Å². The Morgan fingerprint density at radius 2 is 1.94 bits per heavy atom. The Balaban J connectivity index is 2.97. The number of hydrogen-bond acceptors (Lipinski definition) is 2. The van der Waals surface area contributed by atoms with Crippen molar-refractivity contribution in [3.63, 3.8) is 0 Å². The van der Waals surface area contributed by atoms with Crippen LogP contribution in [0.1, 0.15) is 39.3 Å². The molecule has 1 aromatic rings. The lowest BCUT2D eigenvalue weighted by Gasteiger charge is -2.27. The molecule has 0 saturated heterocycles. The van der Waals surface area contributed by atoms with Gasteiger partial charge in [0.05, 0.1) is 8.67 Å². The minimum Gasteiger partial charge on any atom is -0.310 e. The highest BCUT2D eigenvalue weighted by molar-refractivity contribution is 7.20. The fraction of sp³-hybridized carbons (Fsp3) is 0.667. The second-order valence-electron chi connectivity index (χ2n) is 4.42. The minimum atomic E-state index is 0.293. The summed E-state index contributed by atoms with van der Waals surface area (Å²) in [5.74, 6) is 1.14. The summed E-state index contributed by atoms with van der Waals surface area (Å²) in [5.41, 5.74) is 1.14. The molecule has 92 valence electrons. The molecule has 1 heterocycles. The van der Waals surface area contributed by atoms with Crippen molar-refractivity contribution in [1.82, 2.24) is 5.32 Å². The summed E-state index contributed by atoms with van der Waals surface area (Å²) >= 11 is 13.7. The SMILES string of the molecule is CCNC(c1cc(Cl)sc1Cl)C(C)C(C)C. The number of hydrogen-bond donors (Lipinski definition) is 1. The average molecular weight is 280 g/mol. The van der Waals surface area contributed by atoms with Crippen molar-refractivity contribution in [2.45, 2.75) is 33.7 Å². The van der Waals surface area contributed by atoms with Gasteiger partial charge in [0.2, 0.25) is 0 Å². The molecule has 0 bridgehead atoms. The molecule has 0 fully saturated rings. The first kappa shape index (κ1) is 14.3. The Morgan fingerprint density at radius 3 is 2.31 bits per heavy atom. The van der Waals surface area contributed by atoms with E-state index in [-0.39, 0.29) is 0 Å². The highest BCUT2D eigenvalue weighted by Crippen LogP contribution is 2.39. The fourth-order valence-electron chi connectivity index (χ4n) is 1.75. The van der Waals surface area contributed by atoms with Crippen LogP contribution >= 0.6 is 34.5 Å². The second kappa shape index (κ2) is 6.25. The predicted octanol–water partition coefficient (Wildman–Crippen LogP) is 5.00. The van der Waals surface area contributed by atoms with E-state index in [0.717, 1.165) is 20.8 Å². The Labute approximate surface area is 112 Å². The van der Waals surface area contributed by atoms with Gasteiger partial charge in [-0.3, -0.25) is 0 Å². The smallest absolute Gasteiger partial charge is 0.0992 e. The standard InChI is InChI=1S/C12H19Cl2NS/c1-5-15-11(8(4)7(2)3)9-6-10(13)16-12(9)14/h6-8,11,15H,5H2,1-4H3. The molecule has 2 unspecified atom stereocenters. The molecule has 0 spiro atoms. The molecule has 0 aromatic carbocycles. The van der Waals surface area contributed by atoms with Gasteiger partial charge in [-0.05, 0) is 24.4 Å². The molecular weight excluding hydrogens is 261 g/mol. The zero-order chi connectivity index (χ0) is 12.3. The van der Waals surface area contributed by atoms with E-state index < -0.39 is 0 Å². The number of halogens is 2. The maximum atomic E-state index is 6.22. The van der Waals surface area contributed by atoms with Gasteiger partial charge in [0.1, 0.15) is 0 Å². The van der Waals surface area contributed by atoms with Gasteiger partial charge >= 0.3 is 0 Å². The van der Waals surface area contributed by atoms with Crippen LogP contribution in [-0.4, -0.2) is 6.54 Å². The molecule has 0 amide bonds. The molecule has 0 aliphatic carbocycles. The third-order valence-corrected chi connectivity index (χ3v) is 4.54. The van der Waals surface area contributed by atoms with E-state index in [9.17, 15) is 0 Å². The molecule has 1 nitrogen and oxygen atoms in total. The topological polar surface area (TPSA) is 12.0 Å². The van der Waals surface area contributed by atoms with Crippen LogP contribution in [0, 0.1) is 11.8 Å². The van der Waals surface area contributed by atoms with Gasteiger partial charge in [0, 0.05) is 11.6 Å². The van der Waals surface area contributed by atoms with Gasteiger partial charge in [0.25, 0.3) is 0 Å². The Morgan fingerprint density at radius 1 is 1.31 bits per heavy atom. The van der Waals surface area contributed by atoms with E-state index in [1.807, 2.05) is 6.07 Å². The Kier molecular flexibility index (Phi) is 5.58. The number of thiophene rings is 1. The molecule has 0 radical (unpaired) electrons. The van der Waals surface area contributed by atoms with E-state index in [2.05, 4.69) is 33.0 Å². The molecule has 16 heavy (non-hydrogen) atoms. The van der Waals surface area contributed by atoms with Crippen LogP contribution in [0.5, 0.6) is 0 Å². The molecule has 0 aliphatic rings. The molecule has 4 heteroatoms. The first-order valence-corrected chi connectivity index (χ1v) is 7.22. The summed E-state index contributed by atoms with van der Waals surface area (Å²) in [4.78, 5) is 0. The Bertz CT molecular complexity index is 336. The summed E-state index contributed by atoms with van der Waals surface area (Å²) in [6.45, 7) is 9.76. The highest BCUT2D eigenvalue weighted by Gasteiger charge is 2.24. The van der Waals surface area contributed by atoms with E-state index in [1.165, 1.54) is 11.3 Å². The van der Waals surface area contributed by atoms with Gasteiger partial charge in [-0.1, -0.05) is 50.9 Å². The molecule has 1 aromatic heterocycles. The van der Waals surface area contributed by atoms with Crippen molar-refractivity contribution < 1.29 is 0 Å². The van der Waals surface area contributed by atoms with Gasteiger partial charge in [-0.25, -0.2) is 0 Å². The first-order chi connectivity index (χ1) is 7.47. The van der Waals surface area contributed by atoms with Gasteiger partial charge in [-0.15, -0.1) is 11.3 Å². The lowest BCUT2D eigenvalue weighted by atomic mass is 9.87. The summed E-state index contributed by atoms with van der Waals surface area (Å²) in [7, 11) is 0.